The van der Waals surface area contributed by atoms with Crippen LogP contribution in [-0.4, -0.2) is 28.9 Å². The van der Waals surface area contributed by atoms with Crippen LogP contribution in [0.4, 0.5) is 17.3 Å². The summed E-state index contributed by atoms with van der Waals surface area (Å²) in [5.74, 6) is -0.115. The molecule has 2 heterocycles. The van der Waals surface area contributed by atoms with Crippen molar-refractivity contribution in [2.75, 3.05) is 23.7 Å². The number of carbonyl (C=O) groups is 1. The third-order valence-electron chi connectivity index (χ3n) is 2.94. The second-order valence-corrected chi connectivity index (χ2v) is 4.20. The predicted octanol–water partition coefficient (Wildman–Crippen LogP) is -0.116. The molecule has 8 nitrogen and oxygen atoms in total. The van der Waals surface area contributed by atoms with Gasteiger partial charge in [-0.1, -0.05) is 0 Å². The molecule has 1 aromatic rings. The fourth-order valence-corrected chi connectivity index (χ4v) is 1.99. The number of aromatic nitrogens is 1. The lowest BCUT2D eigenvalue weighted by molar-refractivity contribution is -0.384. The van der Waals surface area contributed by atoms with E-state index in [1.807, 2.05) is 0 Å². The number of anilines is 2. The van der Waals surface area contributed by atoms with Crippen molar-refractivity contribution in [3.05, 3.63) is 22.2 Å². The van der Waals surface area contributed by atoms with Gasteiger partial charge in [0.1, 0.15) is 11.6 Å². The fraction of sp³-hybridized carbons (Fsp3) is 0.400. The summed E-state index contributed by atoms with van der Waals surface area (Å²) in [4.78, 5) is 27.1. The first-order chi connectivity index (χ1) is 8.47. The van der Waals surface area contributed by atoms with Crippen molar-refractivity contribution in [1.82, 2.24) is 4.98 Å². The molecule has 0 aliphatic carbocycles. The van der Waals surface area contributed by atoms with E-state index >= 15 is 0 Å². The molecule has 1 aromatic heterocycles. The van der Waals surface area contributed by atoms with Gasteiger partial charge in [-0.25, -0.2) is 4.98 Å². The molecule has 0 radical (unpaired) electrons. The first-order valence-corrected chi connectivity index (χ1v) is 5.43. The summed E-state index contributed by atoms with van der Waals surface area (Å²) in [5, 5.41) is 10.7. The van der Waals surface area contributed by atoms with Gasteiger partial charge in [0, 0.05) is 13.1 Å². The highest BCUT2D eigenvalue weighted by molar-refractivity contribution is 5.78. The molecule has 1 atom stereocenters. The number of amides is 1. The number of nitro groups is 1. The van der Waals surface area contributed by atoms with Gasteiger partial charge in [-0.15, -0.1) is 0 Å². The van der Waals surface area contributed by atoms with E-state index in [-0.39, 0.29) is 23.3 Å². The number of nitrogen functional groups attached to an aromatic ring is 1. The summed E-state index contributed by atoms with van der Waals surface area (Å²) in [6.07, 6.45) is 0.625. The smallest absolute Gasteiger partial charge is 0.276 e. The number of pyridine rings is 1. The Labute approximate surface area is 103 Å². The molecule has 8 heteroatoms. The number of rotatable bonds is 3. The molecule has 96 valence electrons. The average Bonchev–Trinajstić information content (AvgIpc) is 2.77. The zero-order chi connectivity index (χ0) is 13.3. The zero-order valence-corrected chi connectivity index (χ0v) is 9.57. The predicted molar refractivity (Wildman–Crippen MR) is 64.8 cm³/mol. The highest BCUT2D eigenvalue weighted by atomic mass is 16.6. The highest BCUT2D eigenvalue weighted by Crippen LogP contribution is 2.26. The summed E-state index contributed by atoms with van der Waals surface area (Å²) < 4.78 is 0. The standard InChI is InChI=1S/C10H13N5O3/c11-8-3-7(15(17)18)4-9(13-8)14-2-1-6(5-14)10(12)16/h3-4,6H,1-2,5H2,(H2,11,13)(H2,12,16). The van der Waals surface area contributed by atoms with Gasteiger partial charge in [-0.3, -0.25) is 14.9 Å². The second-order valence-electron chi connectivity index (χ2n) is 4.20. The van der Waals surface area contributed by atoms with Crippen molar-refractivity contribution in [3.8, 4) is 0 Å². The van der Waals surface area contributed by atoms with E-state index in [4.69, 9.17) is 11.5 Å². The second kappa shape index (κ2) is 4.47. The van der Waals surface area contributed by atoms with Crippen molar-refractivity contribution in [1.29, 1.82) is 0 Å². The summed E-state index contributed by atoms with van der Waals surface area (Å²) in [6, 6.07) is 2.55. The van der Waals surface area contributed by atoms with Gasteiger partial charge in [-0.05, 0) is 6.42 Å². The Hall–Kier alpha value is -2.38. The van der Waals surface area contributed by atoms with Crippen LogP contribution in [0.5, 0.6) is 0 Å². The van der Waals surface area contributed by atoms with Gasteiger partial charge in [0.05, 0.1) is 23.0 Å². The quantitative estimate of drug-likeness (QED) is 0.569. The van der Waals surface area contributed by atoms with Crippen LogP contribution in [0.25, 0.3) is 0 Å². The molecule has 0 spiro atoms. The largest absolute Gasteiger partial charge is 0.383 e. The lowest BCUT2D eigenvalue weighted by atomic mass is 10.1. The lowest BCUT2D eigenvalue weighted by Crippen LogP contribution is -2.27. The number of hydrogen-bond donors (Lipinski definition) is 2. The van der Waals surface area contributed by atoms with Gasteiger partial charge >= 0.3 is 0 Å². The molecule has 2 rings (SSSR count). The van der Waals surface area contributed by atoms with E-state index in [9.17, 15) is 14.9 Å². The molecular formula is C10H13N5O3. The number of primary amides is 1. The summed E-state index contributed by atoms with van der Waals surface area (Å²) >= 11 is 0. The van der Waals surface area contributed by atoms with Crippen LogP contribution in [0.15, 0.2) is 12.1 Å². The monoisotopic (exact) mass is 251 g/mol. The van der Waals surface area contributed by atoms with Gasteiger partial charge < -0.3 is 16.4 Å². The maximum absolute atomic E-state index is 11.1. The molecule has 0 saturated carbocycles. The average molecular weight is 251 g/mol. The first-order valence-electron chi connectivity index (χ1n) is 5.43. The molecular weight excluding hydrogens is 238 g/mol. The third-order valence-corrected chi connectivity index (χ3v) is 2.94. The van der Waals surface area contributed by atoms with Gasteiger partial charge in [0.2, 0.25) is 5.91 Å². The fourth-order valence-electron chi connectivity index (χ4n) is 1.99. The lowest BCUT2D eigenvalue weighted by Gasteiger charge is -2.16. The molecule has 0 aromatic carbocycles. The molecule has 1 aliphatic heterocycles. The van der Waals surface area contributed by atoms with E-state index in [0.29, 0.717) is 25.3 Å². The van der Waals surface area contributed by atoms with Crippen molar-refractivity contribution in [3.63, 3.8) is 0 Å². The van der Waals surface area contributed by atoms with Gasteiger partial charge in [0.15, 0.2) is 0 Å². The molecule has 1 saturated heterocycles. The SMILES string of the molecule is NC(=O)C1CCN(c2cc([N+](=O)[O-])cc(N)n2)C1. The zero-order valence-electron chi connectivity index (χ0n) is 9.57. The molecule has 1 amide bonds. The van der Waals surface area contributed by atoms with E-state index in [1.165, 1.54) is 12.1 Å². The van der Waals surface area contributed by atoms with Crippen LogP contribution >= 0.6 is 0 Å². The van der Waals surface area contributed by atoms with Crippen molar-refractivity contribution in [2.24, 2.45) is 11.7 Å². The molecule has 4 N–H and O–H groups in total. The summed E-state index contributed by atoms with van der Waals surface area (Å²) in [7, 11) is 0. The van der Waals surface area contributed by atoms with E-state index < -0.39 is 4.92 Å². The highest BCUT2D eigenvalue weighted by Gasteiger charge is 2.28. The van der Waals surface area contributed by atoms with Crippen LogP contribution in [0.1, 0.15) is 6.42 Å². The van der Waals surface area contributed by atoms with Crippen LogP contribution in [0.2, 0.25) is 0 Å². The minimum Gasteiger partial charge on any atom is -0.383 e. The molecule has 1 unspecified atom stereocenters. The number of carbonyl (C=O) groups excluding carboxylic acids is 1. The van der Waals surface area contributed by atoms with Crippen LogP contribution in [-0.2, 0) is 4.79 Å². The summed E-state index contributed by atoms with van der Waals surface area (Å²) in [5.41, 5.74) is 10.6. The summed E-state index contributed by atoms with van der Waals surface area (Å²) in [6.45, 7) is 1.00. The van der Waals surface area contributed by atoms with Crippen LogP contribution in [0, 0.1) is 16.0 Å². The molecule has 1 aliphatic rings. The Kier molecular flexibility index (Phi) is 3.00. The number of hydrogen-bond acceptors (Lipinski definition) is 6. The van der Waals surface area contributed by atoms with E-state index in [2.05, 4.69) is 4.98 Å². The minimum atomic E-state index is -0.525. The Morgan fingerprint density at radius 2 is 2.28 bits per heavy atom. The Balaban J connectivity index is 2.24. The minimum absolute atomic E-state index is 0.0849. The Morgan fingerprint density at radius 3 is 2.83 bits per heavy atom. The topological polar surface area (TPSA) is 128 Å². The Morgan fingerprint density at radius 1 is 1.56 bits per heavy atom. The molecule has 18 heavy (non-hydrogen) atoms. The maximum atomic E-state index is 11.1. The van der Waals surface area contributed by atoms with E-state index in [0.717, 1.165) is 0 Å². The van der Waals surface area contributed by atoms with Crippen molar-refractivity contribution >= 4 is 23.2 Å². The molecule has 0 bridgehead atoms. The molecule has 1 fully saturated rings. The number of nitrogens with zero attached hydrogens (tertiary/aromatic N) is 3. The van der Waals surface area contributed by atoms with Crippen molar-refractivity contribution < 1.29 is 9.72 Å². The maximum Gasteiger partial charge on any atom is 0.276 e. The van der Waals surface area contributed by atoms with Gasteiger partial charge in [0.25, 0.3) is 5.69 Å². The van der Waals surface area contributed by atoms with Crippen LogP contribution in [0.3, 0.4) is 0 Å². The van der Waals surface area contributed by atoms with Gasteiger partial charge in [-0.2, -0.15) is 0 Å². The number of nitrogens with two attached hydrogens (primary N) is 2. The van der Waals surface area contributed by atoms with Crippen molar-refractivity contribution in [2.45, 2.75) is 6.42 Å². The normalized spacial score (nSPS) is 18.9. The van der Waals surface area contributed by atoms with Crippen LogP contribution < -0.4 is 16.4 Å². The third kappa shape index (κ3) is 2.31. The first kappa shape index (κ1) is 12.1. The van der Waals surface area contributed by atoms with E-state index in [1.54, 1.807) is 4.90 Å². The Bertz CT molecular complexity index is 504.